The molecule has 160 valence electrons. The lowest BCUT2D eigenvalue weighted by Gasteiger charge is -2.32. The number of anilines is 1. The summed E-state index contributed by atoms with van der Waals surface area (Å²) in [5, 5.41) is 5.96. The quantitative estimate of drug-likeness (QED) is 0.714. The van der Waals surface area contributed by atoms with Gasteiger partial charge in [-0.2, -0.15) is 0 Å². The molecule has 0 aromatic heterocycles. The van der Waals surface area contributed by atoms with Crippen molar-refractivity contribution in [2.24, 2.45) is 5.92 Å². The van der Waals surface area contributed by atoms with Gasteiger partial charge in [-0.1, -0.05) is 24.3 Å². The molecule has 2 aromatic carbocycles. The largest absolute Gasteiger partial charge is 0.497 e. The molecule has 6 nitrogen and oxygen atoms in total. The minimum atomic E-state index is -0.0609. The number of methoxy groups -OCH3 is 1. The maximum Gasteiger partial charge on any atom is 0.321 e. The molecule has 0 radical (unpaired) electrons. The first kappa shape index (κ1) is 21.7. The van der Waals surface area contributed by atoms with Crippen molar-refractivity contribution in [2.45, 2.75) is 39.2 Å². The minimum Gasteiger partial charge on any atom is -0.497 e. The highest BCUT2D eigenvalue weighted by Gasteiger charge is 2.24. The van der Waals surface area contributed by atoms with Crippen LogP contribution in [0.3, 0.4) is 0 Å². The van der Waals surface area contributed by atoms with Crippen LogP contribution in [-0.2, 0) is 11.3 Å². The van der Waals surface area contributed by atoms with Gasteiger partial charge in [0.15, 0.2) is 0 Å². The molecule has 0 saturated carbocycles. The number of hydrogen-bond donors (Lipinski definition) is 2. The summed E-state index contributed by atoms with van der Waals surface area (Å²) >= 11 is 0. The van der Waals surface area contributed by atoms with E-state index < -0.39 is 0 Å². The number of hydrogen-bond acceptors (Lipinski definition) is 3. The van der Waals surface area contributed by atoms with Crippen LogP contribution in [0, 0.1) is 12.8 Å². The Balaban J connectivity index is 1.40. The maximum absolute atomic E-state index is 12.6. The molecule has 0 bridgehead atoms. The summed E-state index contributed by atoms with van der Waals surface area (Å²) in [5.74, 6) is 1.21. The van der Waals surface area contributed by atoms with Gasteiger partial charge in [0.2, 0.25) is 5.91 Å². The highest BCUT2D eigenvalue weighted by atomic mass is 16.5. The molecule has 0 unspecified atom stereocenters. The van der Waals surface area contributed by atoms with Crippen LogP contribution in [0.4, 0.5) is 10.5 Å². The number of ether oxygens (including phenoxy) is 1. The van der Waals surface area contributed by atoms with Crippen LogP contribution < -0.4 is 15.4 Å². The third-order valence-electron chi connectivity index (χ3n) is 5.50. The summed E-state index contributed by atoms with van der Waals surface area (Å²) in [6, 6.07) is 15.4. The third kappa shape index (κ3) is 6.51. The van der Waals surface area contributed by atoms with Gasteiger partial charge >= 0.3 is 6.03 Å². The third-order valence-corrected chi connectivity index (χ3v) is 5.50. The van der Waals surface area contributed by atoms with E-state index in [9.17, 15) is 9.59 Å². The first-order valence-electron chi connectivity index (χ1n) is 10.6. The Labute approximate surface area is 178 Å². The topological polar surface area (TPSA) is 70.7 Å². The van der Waals surface area contributed by atoms with Crippen LogP contribution in [0.2, 0.25) is 0 Å². The van der Waals surface area contributed by atoms with Gasteiger partial charge in [0.25, 0.3) is 0 Å². The van der Waals surface area contributed by atoms with Crippen molar-refractivity contribution in [3.8, 4) is 5.75 Å². The van der Waals surface area contributed by atoms with Gasteiger partial charge in [0, 0.05) is 31.7 Å². The van der Waals surface area contributed by atoms with Crippen LogP contribution in [0.1, 0.15) is 36.8 Å². The number of carbonyl (C=O) groups excluding carboxylic acids is 2. The van der Waals surface area contributed by atoms with E-state index in [-0.39, 0.29) is 11.9 Å². The van der Waals surface area contributed by atoms with E-state index in [2.05, 4.69) is 10.6 Å². The average Bonchev–Trinajstić information content (AvgIpc) is 2.77. The fourth-order valence-corrected chi connectivity index (χ4v) is 3.78. The van der Waals surface area contributed by atoms with E-state index in [0.717, 1.165) is 48.4 Å². The predicted molar refractivity (Wildman–Crippen MR) is 119 cm³/mol. The first-order valence-corrected chi connectivity index (χ1v) is 10.6. The predicted octanol–water partition coefficient (Wildman–Crippen LogP) is 4.34. The van der Waals surface area contributed by atoms with E-state index in [1.54, 1.807) is 7.11 Å². The van der Waals surface area contributed by atoms with Gasteiger partial charge < -0.3 is 20.3 Å². The normalized spacial score (nSPS) is 16.1. The lowest BCUT2D eigenvalue weighted by Crippen LogP contribution is -2.42. The molecule has 3 amide bonds. The zero-order valence-electron chi connectivity index (χ0n) is 17.8. The molecule has 6 heteroatoms. The molecule has 1 saturated heterocycles. The van der Waals surface area contributed by atoms with E-state index in [4.69, 9.17) is 4.74 Å². The average molecular weight is 410 g/mol. The number of nitrogens with zero attached hydrogens (tertiary/aromatic N) is 1. The molecule has 2 aromatic rings. The highest BCUT2D eigenvalue weighted by Crippen LogP contribution is 2.22. The monoisotopic (exact) mass is 409 g/mol. The summed E-state index contributed by atoms with van der Waals surface area (Å²) in [7, 11) is 1.63. The zero-order chi connectivity index (χ0) is 21.3. The van der Waals surface area contributed by atoms with Gasteiger partial charge in [0.1, 0.15) is 5.75 Å². The fraction of sp³-hybridized carbons (Fsp3) is 0.417. The van der Waals surface area contributed by atoms with Crippen molar-refractivity contribution in [2.75, 3.05) is 25.5 Å². The molecular formula is C24H31N3O3. The summed E-state index contributed by atoms with van der Waals surface area (Å²) in [4.78, 5) is 26.7. The lowest BCUT2D eigenvalue weighted by molar-refractivity contribution is -0.121. The molecular weight excluding hydrogens is 378 g/mol. The Kier molecular flexibility index (Phi) is 7.71. The number of urea groups is 1. The molecule has 1 aliphatic rings. The Morgan fingerprint density at radius 2 is 1.97 bits per heavy atom. The van der Waals surface area contributed by atoms with Crippen LogP contribution in [0.5, 0.6) is 5.75 Å². The second-order valence-corrected chi connectivity index (χ2v) is 7.92. The number of likely N-dealkylation sites (tertiary alicyclic amines) is 1. The van der Waals surface area contributed by atoms with Crippen LogP contribution in [0.25, 0.3) is 0 Å². The van der Waals surface area contributed by atoms with Crippen molar-refractivity contribution < 1.29 is 14.3 Å². The second kappa shape index (κ2) is 10.7. The number of carbonyl (C=O) groups is 2. The zero-order valence-corrected chi connectivity index (χ0v) is 17.8. The van der Waals surface area contributed by atoms with Crippen molar-refractivity contribution in [1.82, 2.24) is 10.2 Å². The van der Waals surface area contributed by atoms with Gasteiger partial charge in [-0.3, -0.25) is 4.79 Å². The molecule has 1 fully saturated rings. The summed E-state index contributed by atoms with van der Waals surface area (Å²) in [6.45, 7) is 3.98. The second-order valence-electron chi connectivity index (χ2n) is 7.92. The lowest BCUT2D eigenvalue weighted by atomic mass is 9.93. The van der Waals surface area contributed by atoms with Crippen molar-refractivity contribution in [1.29, 1.82) is 0 Å². The molecule has 0 spiro atoms. The molecule has 0 aliphatic carbocycles. The van der Waals surface area contributed by atoms with E-state index >= 15 is 0 Å². The molecule has 30 heavy (non-hydrogen) atoms. The number of benzene rings is 2. The SMILES string of the molecule is COc1ccc(CNC(=O)CC[C@H]2CCCN(C(=O)Nc3cccc(C)c3)C2)cc1. The standard InChI is InChI=1S/C24H31N3O3/c1-18-5-3-7-21(15-18)26-24(29)27-14-4-6-20(17-27)10-13-23(28)25-16-19-8-11-22(30-2)12-9-19/h3,5,7-9,11-12,15,20H,4,6,10,13-14,16-17H2,1-2H3,(H,25,28)(H,26,29)/t20-/m1/s1. The molecule has 1 heterocycles. The summed E-state index contributed by atoms with van der Waals surface area (Å²) < 4.78 is 5.14. The number of rotatable bonds is 7. The van der Waals surface area contributed by atoms with Crippen molar-refractivity contribution in [3.05, 3.63) is 59.7 Å². The summed E-state index contributed by atoms with van der Waals surface area (Å²) in [6.07, 6.45) is 3.30. The van der Waals surface area contributed by atoms with E-state index in [1.165, 1.54) is 0 Å². The highest BCUT2D eigenvalue weighted by molar-refractivity contribution is 5.89. The molecule has 1 aliphatic heterocycles. The fourth-order valence-electron chi connectivity index (χ4n) is 3.78. The smallest absolute Gasteiger partial charge is 0.321 e. The Hall–Kier alpha value is -3.02. The van der Waals surface area contributed by atoms with Gasteiger partial charge in [-0.25, -0.2) is 4.79 Å². The van der Waals surface area contributed by atoms with Crippen molar-refractivity contribution in [3.63, 3.8) is 0 Å². The Bertz CT molecular complexity index is 851. The van der Waals surface area contributed by atoms with Crippen LogP contribution in [0.15, 0.2) is 48.5 Å². The van der Waals surface area contributed by atoms with Crippen molar-refractivity contribution >= 4 is 17.6 Å². The summed E-state index contributed by atoms with van der Waals surface area (Å²) in [5.41, 5.74) is 2.98. The molecule has 2 N–H and O–H groups in total. The van der Waals surface area contributed by atoms with E-state index in [0.29, 0.717) is 25.4 Å². The van der Waals surface area contributed by atoms with Crippen LogP contribution in [-0.4, -0.2) is 37.0 Å². The number of piperidine rings is 1. The van der Waals surface area contributed by atoms with Gasteiger partial charge in [-0.05, 0) is 67.5 Å². The van der Waals surface area contributed by atoms with E-state index in [1.807, 2.05) is 60.4 Å². The van der Waals surface area contributed by atoms with Gasteiger partial charge in [-0.15, -0.1) is 0 Å². The number of nitrogens with one attached hydrogen (secondary N) is 2. The first-order chi connectivity index (χ1) is 14.5. The van der Waals surface area contributed by atoms with Crippen LogP contribution >= 0.6 is 0 Å². The maximum atomic E-state index is 12.6. The minimum absolute atomic E-state index is 0.0483. The molecule has 1 atom stereocenters. The number of amides is 3. The van der Waals surface area contributed by atoms with Gasteiger partial charge in [0.05, 0.1) is 7.11 Å². The Morgan fingerprint density at radius 1 is 1.17 bits per heavy atom. The Morgan fingerprint density at radius 3 is 2.70 bits per heavy atom. The molecule has 3 rings (SSSR count). The number of aryl methyl sites for hydroxylation is 1.